The first kappa shape index (κ1) is 16.6. The van der Waals surface area contributed by atoms with Crippen molar-refractivity contribution in [2.45, 2.75) is 27.2 Å². The Morgan fingerprint density at radius 3 is 2.67 bits per heavy atom. The molecule has 1 fully saturated rings. The third-order valence-corrected chi connectivity index (χ3v) is 4.45. The van der Waals surface area contributed by atoms with E-state index >= 15 is 0 Å². The lowest BCUT2D eigenvalue weighted by Gasteiger charge is -2.36. The number of ether oxygens (including phenoxy) is 1. The summed E-state index contributed by atoms with van der Waals surface area (Å²) < 4.78 is 6.87. The zero-order valence-corrected chi connectivity index (χ0v) is 14.5. The molecule has 8 heteroatoms. The maximum absolute atomic E-state index is 12.1. The number of anilines is 1. The molecule has 0 atom stereocenters. The highest BCUT2D eigenvalue weighted by molar-refractivity contribution is 5.75. The van der Waals surface area contributed by atoms with Gasteiger partial charge in [-0.2, -0.15) is 14.6 Å². The van der Waals surface area contributed by atoms with Gasteiger partial charge >= 0.3 is 5.97 Å². The molecule has 1 saturated heterocycles. The highest BCUT2D eigenvalue weighted by Gasteiger charge is 2.25. The van der Waals surface area contributed by atoms with Crippen molar-refractivity contribution < 1.29 is 9.53 Å². The van der Waals surface area contributed by atoms with E-state index in [2.05, 4.69) is 31.8 Å². The van der Waals surface area contributed by atoms with E-state index < -0.39 is 0 Å². The van der Waals surface area contributed by atoms with Gasteiger partial charge in [0.1, 0.15) is 12.1 Å². The van der Waals surface area contributed by atoms with Gasteiger partial charge in [-0.1, -0.05) is 6.92 Å². The first-order valence-corrected chi connectivity index (χ1v) is 8.46. The van der Waals surface area contributed by atoms with E-state index in [9.17, 15) is 4.79 Å². The Bertz CT molecular complexity index is 721. The van der Waals surface area contributed by atoms with Crippen LogP contribution >= 0.6 is 0 Å². The lowest BCUT2D eigenvalue weighted by Crippen LogP contribution is -2.47. The SMILES string of the molecule is CCOC(=O)Cc1c(C)nc2ncnn2c1N1CCN(CC)CC1. The predicted molar refractivity (Wildman–Crippen MR) is 90.2 cm³/mol. The number of carbonyl (C=O) groups is 1. The molecule has 0 aromatic carbocycles. The molecule has 2 aromatic heterocycles. The van der Waals surface area contributed by atoms with Crippen LogP contribution in [0.25, 0.3) is 5.78 Å². The van der Waals surface area contributed by atoms with E-state index in [1.54, 1.807) is 4.52 Å². The number of carbonyl (C=O) groups excluding carboxylic acids is 1. The Hall–Kier alpha value is -2.22. The molecule has 130 valence electrons. The van der Waals surface area contributed by atoms with Gasteiger partial charge in [0.15, 0.2) is 0 Å². The average Bonchev–Trinajstić information content (AvgIpc) is 3.03. The zero-order chi connectivity index (χ0) is 17.1. The van der Waals surface area contributed by atoms with E-state index in [4.69, 9.17) is 4.74 Å². The van der Waals surface area contributed by atoms with Crippen molar-refractivity contribution in [2.75, 3.05) is 44.2 Å². The summed E-state index contributed by atoms with van der Waals surface area (Å²) in [6.07, 6.45) is 1.70. The minimum atomic E-state index is -0.240. The van der Waals surface area contributed by atoms with Crippen molar-refractivity contribution in [3.05, 3.63) is 17.6 Å². The summed E-state index contributed by atoms with van der Waals surface area (Å²) in [4.78, 5) is 25.4. The Kier molecular flexibility index (Phi) is 4.94. The number of piperazine rings is 1. The summed E-state index contributed by atoms with van der Waals surface area (Å²) in [5, 5.41) is 4.32. The number of likely N-dealkylation sites (N-methyl/N-ethyl adjacent to an activating group) is 1. The summed E-state index contributed by atoms with van der Waals surface area (Å²) >= 11 is 0. The Balaban J connectivity index is 1.99. The number of esters is 1. The lowest BCUT2D eigenvalue weighted by atomic mass is 10.1. The van der Waals surface area contributed by atoms with Gasteiger partial charge in [-0.3, -0.25) is 4.79 Å². The van der Waals surface area contributed by atoms with Crippen molar-refractivity contribution in [2.24, 2.45) is 0 Å². The van der Waals surface area contributed by atoms with Crippen LogP contribution in [0.15, 0.2) is 6.33 Å². The fraction of sp³-hybridized carbons (Fsp3) is 0.625. The van der Waals surface area contributed by atoms with Crippen LogP contribution in [0, 0.1) is 6.92 Å². The van der Waals surface area contributed by atoms with Gasteiger partial charge in [0.2, 0.25) is 0 Å². The average molecular weight is 332 g/mol. The second-order valence-corrected chi connectivity index (χ2v) is 5.87. The van der Waals surface area contributed by atoms with Gasteiger partial charge in [0.05, 0.1) is 13.0 Å². The van der Waals surface area contributed by atoms with Crippen molar-refractivity contribution in [3.8, 4) is 0 Å². The molecule has 0 radical (unpaired) electrons. The minimum absolute atomic E-state index is 0.200. The number of hydrogen-bond donors (Lipinski definition) is 0. The predicted octanol–water partition coefficient (Wildman–Crippen LogP) is 0.680. The fourth-order valence-electron chi connectivity index (χ4n) is 3.13. The van der Waals surface area contributed by atoms with Crippen molar-refractivity contribution in [1.29, 1.82) is 0 Å². The summed E-state index contributed by atoms with van der Waals surface area (Å²) in [5.74, 6) is 1.24. The molecule has 3 heterocycles. The number of aryl methyl sites for hydroxylation is 1. The molecule has 8 nitrogen and oxygen atoms in total. The van der Waals surface area contributed by atoms with Crippen LogP contribution in [0.2, 0.25) is 0 Å². The Morgan fingerprint density at radius 1 is 1.25 bits per heavy atom. The number of fused-ring (bicyclic) bond motifs is 1. The minimum Gasteiger partial charge on any atom is -0.466 e. The topological polar surface area (TPSA) is 75.9 Å². The van der Waals surface area contributed by atoms with Gasteiger partial charge in [-0.15, -0.1) is 0 Å². The summed E-state index contributed by atoms with van der Waals surface area (Å²) in [5.41, 5.74) is 1.67. The van der Waals surface area contributed by atoms with Crippen LogP contribution in [0.4, 0.5) is 5.82 Å². The summed E-state index contributed by atoms with van der Waals surface area (Å²) in [6.45, 7) is 11.1. The highest BCUT2D eigenvalue weighted by Crippen LogP contribution is 2.25. The number of hydrogen-bond acceptors (Lipinski definition) is 7. The molecule has 0 spiro atoms. The second-order valence-electron chi connectivity index (χ2n) is 5.87. The van der Waals surface area contributed by atoms with E-state index in [1.807, 2.05) is 13.8 Å². The van der Waals surface area contributed by atoms with Gasteiger partial charge in [0.25, 0.3) is 5.78 Å². The van der Waals surface area contributed by atoms with Crippen LogP contribution in [0.1, 0.15) is 25.1 Å². The molecule has 3 rings (SSSR count). The molecule has 2 aromatic rings. The Morgan fingerprint density at radius 2 is 2.00 bits per heavy atom. The molecular weight excluding hydrogens is 308 g/mol. The first-order chi connectivity index (χ1) is 11.6. The third-order valence-electron chi connectivity index (χ3n) is 4.45. The van der Waals surface area contributed by atoms with Crippen LogP contribution in [0.5, 0.6) is 0 Å². The van der Waals surface area contributed by atoms with Crippen LogP contribution in [-0.2, 0) is 16.0 Å². The smallest absolute Gasteiger partial charge is 0.310 e. The summed E-state index contributed by atoms with van der Waals surface area (Å²) in [6, 6.07) is 0. The van der Waals surface area contributed by atoms with Gasteiger partial charge in [-0.05, 0) is 20.4 Å². The molecule has 0 amide bonds. The van der Waals surface area contributed by atoms with Crippen LogP contribution in [0.3, 0.4) is 0 Å². The van der Waals surface area contributed by atoms with Crippen molar-refractivity contribution in [3.63, 3.8) is 0 Å². The summed E-state index contributed by atoms with van der Waals surface area (Å²) in [7, 11) is 0. The number of nitrogens with zero attached hydrogens (tertiary/aromatic N) is 6. The third kappa shape index (κ3) is 3.19. The van der Waals surface area contributed by atoms with Gasteiger partial charge < -0.3 is 14.5 Å². The number of aromatic nitrogens is 4. The molecule has 0 saturated carbocycles. The Labute approximate surface area is 141 Å². The maximum Gasteiger partial charge on any atom is 0.310 e. The lowest BCUT2D eigenvalue weighted by molar-refractivity contribution is -0.142. The van der Waals surface area contributed by atoms with Gasteiger partial charge in [0, 0.05) is 37.4 Å². The normalized spacial score (nSPS) is 15.9. The van der Waals surface area contributed by atoms with E-state index in [1.165, 1.54) is 6.33 Å². The quantitative estimate of drug-likeness (QED) is 0.745. The maximum atomic E-state index is 12.1. The second kappa shape index (κ2) is 7.12. The molecule has 1 aliphatic rings. The number of rotatable bonds is 5. The fourth-order valence-corrected chi connectivity index (χ4v) is 3.13. The first-order valence-electron chi connectivity index (χ1n) is 8.46. The van der Waals surface area contributed by atoms with Crippen LogP contribution < -0.4 is 4.90 Å². The van der Waals surface area contributed by atoms with Crippen molar-refractivity contribution >= 4 is 17.6 Å². The monoisotopic (exact) mass is 332 g/mol. The van der Waals surface area contributed by atoms with Crippen LogP contribution in [-0.4, -0.2) is 69.8 Å². The zero-order valence-electron chi connectivity index (χ0n) is 14.5. The van der Waals surface area contributed by atoms with E-state index in [0.717, 1.165) is 49.8 Å². The van der Waals surface area contributed by atoms with Gasteiger partial charge in [-0.25, -0.2) is 4.98 Å². The molecule has 0 aliphatic carbocycles. The molecular formula is C16H24N6O2. The van der Waals surface area contributed by atoms with E-state index in [0.29, 0.717) is 12.4 Å². The highest BCUT2D eigenvalue weighted by atomic mass is 16.5. The van der Waals surface area contributed by atoms with Crippen molar-refractivity contribution in [1.82, 2.24) is 24.5 Å². The molecule has 0 N–H and O–H groups in total. The molecule has 0 bridgehead atoms. The molecule has 0 unspecified atom stereocenters. The van der Waals surface area contributed by atoms with E-state index in [-0.39, 0.29) is 12.4 Å². The molecule has 24 heavy (non-hydrogen) atoms. The molecule has 1 aliphatic heterocycles. The standard InChI is InChI=1S/C16H24N6O2/c1-4-20-6-8-21(9-7-20)15-13(10-14(23)24-5-2)12(3)19-16-17-11-18-22(15)16/h11H,4-10H2,1-3H3. The largest absolute Gasteiger partial charge is 0.466 e.